The zero-order valence-corrected chi connectivity index (χ0v) is 10.9. The van der Waals surface area contributed by atoms with E-state index < -0.39 is 16.9 Å². The first kappa shape index (κ1) is 14.7. The summed E-state index contributed by atoms with van der Waals surface area (Å²) >= 11 is 0. The normalized spacial score (nSPS) is 14.6. The number of carbonyl (C=O) groups is 2. The van der Waals surface area contributed by atoms with E-state index in [1.165, 1.54) is 11.0 Å². The number of carboxylic acids is 1. The van der Waals surface area contributed by atoms with E-state index in [9.17, 15) is 19.7 Å². The predicted octanol–water partition coefficient (Wildman–Crippen LogP) is 1.16. The second-order valence-electron chi connectivity index (χ2n) is 4.32. The third kappa shape index (κ3) is 3.45. The fraction of sp³-hybridized carbons (Fsp3) is 0.333. The standard InChI is InChI=1S/C12H13N3O6/c16-11(17)9-7-8(15(19)20)1-2-10(9)13-12(18)14-3-5-21-6-4-14/h1-2,7H,3-6H2,(H,13,18)(H,16,17). The van der Waals surface area contributed by atoms with Crippen molar-refractivity contribution in [1.82, 2.24) is 4.90 Å². The molecule has 9 nitrogen and oxygen atoms in total. The number of carboxylic acid groups (broad SMARTS) is 1. The van der Waals surface area contributed by atoms with Crippen LogP contribution in [-0.2, 0) is 4.74 Å². The second kappa shape index (κ2) is 6.18. The molecule has 0 bridgehead atoms. The summed E-state index contributed by atoms with van der Waals surface area (Å²) in [6.45, 7) is 1.64. The molecule has 1 saturated heterocycles. The second-order valence-corrected chi connectivity index (χ2v) is 4.32. The summed E-state index contributed by atoms with van der Waals surface area (Å²) in [6, 6.07) is 2.80. The molecule has 1 aliphatic rings. The molecule has 1 fully saturated rings. The van der Waals surface area contributed by atoms with Gasteiger partial charge in [0.25, 0.3) is 5.69 Å². The summed E-state index contributed by atoms with van der Waals surface area (Å²) in [5.41, 5.74) is -0.660. The molecule has 1 aromatic rings. The lowest BCUT2D eigenvalue weighted by atomic mass is 10.1. The van der Waals surface area contributed by atoms with Gasteiger partial charge >= 0.3 is 12.0 Å². The van der Waals surface area contributed by atoms with Gasteiger partial charge in [0, 0.05) is 25.2 Å². The van der Waals surface area contributed by atoms with Crippen LogP contribution in [0.5, 0.6) is 0 Å². The number of rotatable bonds is 3. The molecule has 0 unspecified atom stereocenters. The highest BCUT2D eigenvalue weighted by Gasteiger charge is 2.21. The molecule has 1 heterocycles. The van der Waals surface area contributed by atoms with Crippen molar-refractivity contribution in [3.8, 4) is 0 Å². The molecule has 2 rings (SSSR count). The maximum Gasteiger partial charge on any atom is 0.338 e. The van der Waals surface area contributed by atoms with Gasteiger partial charge in [-0.3, -0.25) is 10.1 Å². The van der Waals surface area contributed by atoms with Crippen LogP contribution in [0, 0.1) is 10.1 Å². The van der Waals surface area contributed by atoms with Crippen LogP contribution in [0.25, 0.3) is 0 Å². The van der Waals surface area contributed by atoms with Gasteiger partial charge in [-0.05, 0) is 6.07 Å². The molecular weight excluding hydrogens is 282 g/mol. The molecule has 0 aromatic heterocycles. The van der Waals surface area contributed by atoms with E-state index in [1.54, 1.807) is 0 Å². The number of anilines is 1. The van der Waals surface area contributed by atoms with E-state index in [0.717, 1.165) is 12.1 Å². The minimum atomic E-state index is -1.35. The summed E-state index contributed by atoms with van der Waals surface area (Å²) in [6.07, 6.45) is 0. The number of hydrogen-bond acceptors (Lipinski definition) is 5. The first-order valence-electron chi connectivity index (χ1n) is 6.14. The molecular formula is C12H13N3O6. The average Bonchev–Trinajstić information content (AvgIpc) is 2.48. The first-order valence-corrected chi connectivity index (χ1v) is 6.14. The van der Waals surface area contributed by atoms with E-state index in [-0.39, 0.29) is 16.9 Å². The van der Waals surface area contributed by atoms with Gasteiger partial charge in [0.15, 0.2) is 0 Å². The van der Waals surface area contributed by atoms with Gasteiger partial charge in [0.05, 0.1) is 29.4 Å². The molecule has 21 heavy (non-hydrogen) atoms. The number of aromatic carboxylic acids is 1. The fourth-order valence-electron chi connectivity index (χ4n) is 1.89. The van der Waals surface area contributed by atoms with Gasteiger partial charge < -0.3 is 20.1 Å². The Labute approximate surface area is 119 Å². The van der Waals surface area contributed by atoms with E-state index in [0.29, 0.717) is 26.3 Å². The minimum Gasteiger partial charge on any atom is -0.478 e. The third-order valence-electron chi connectivity index (χ3n) is 2.98. The number of ether oxygens (including phenoxy) is 1. The molecule has 1 aromatic carbocycles. The Balaban J connectivity index is 2.20. The first-order chi connectivity index (χ1) is 9.99. The van der Waals surface area contributed by atoms with Crippen LogP contribution in [0.4, 0.5) is 16.2 Å². The molecule has 0 saturated carbocycles. The smallest absolute Gasteiger partial charge is 0.338 e. The van der Waals surface area contributed by atoms with Crippen LogP contribution in [0.3, 0.4) is 0 Å². The average molecular weight is 295 g/mol. The number of non-ortho nitro benzene ring substituents is 1. The summed E-state index contributed by atoms with van der Waals surface area (Å²) in [5, 5.41) is 22.2. The minimum absolute atomic E-state index is 0.0181. The van der Waals surface area contributed by atoms with Gasteiger partial charge in [-0.25, -0.2) is 9.59 Å². The van der Waals surface area contributed by atoms with Crippen molar-refractivity contribution < 1.29 is 24.4 Å². The van der Waals surface area contributed by atoms with Crippen molar-refractivity contribution in [3.05, 3.63) is 33.9 Å². The van der Waals surface area contributed by atoms with E-state index in [4.69, 9.17) is 9.84 Å². The summed E-state index contributed by atoms with van der Waals surface area (Å²) in [7, 11) is 0. The lowest BCUT2D eigenvalue weighted by molar-refractivity contribution is -0.384. The Hall–Kier alpha value is -2.68. The molecule has 0 aliphatic carbocycles. The number of benzene rings is 1. The maximum atomic E-state index is 12.0. The highest BCUT2D eigenvalue weighted by molar-refractivity contribution is 6.00. The van der Waals surface area contributed by atoms with Crippen molar-refractivity contribution in [2.45, 2.75) is 0 Å². The van der Waals surface area contributed by atoms with E-state index >= 15 is 0 Å². The highest BCUT2D eigenvalue weighted by Crippen LogP contribution is 2.22. The van der Waals surface area contributed by atoms with Crippen LogP contribution >= 0.6 is 0 Å². The Morgan fingerprint density at radius 2 is 2.00 bits per heavy atom. The number of urea groups is 1. The van der Waals surface area contributed by atoms with Crippen molar-refractivity contribution >= 4 is 23.4 Å². The molecule has 2 N–H and O–H groups in total. The zero-order valence-electron chi connectivity index (χ0n) is 10.9. The topological polar surface area (TPSA) is 122 Å². The number of nitrogens with zero attached hydrogens (tertiary/aromatic N) is 2. The molecule has 0 atom stereocenters. The summed E-state index contributed by atoms with van der Waals surface area (Å²) in [5.74, 6) is -1.35. The van der Waals surface area contributed by atoms with Crippen LogP contribution < -0.4 is 5.32 Å². The van der Waals surface area contributed by atoms with Crippen molar-refractivity contribution in [1.29, 1.82) is 0 Å². The summed E-state index contributed by atoms with van der Waals surface area (Å²) in [4.78, 5) is 34.6. The molecule has 2 amide bonds. The van der Waals surface area contributed by atoms with E-state index in [2.05, 4.69) is 5.32 Å². The molecule has 9 heteroatoms. The van der Waals surface area contributed by atoms with Crippen LogP contribution in [0.1, 0.15) is 10.4 Å². The van der Waals surface area contributed by atoms with Gasteiger partial charge in [-0.2, -0.15) is 0 Å². The highest BCUT2D eigenvalue weighted by atomic mass is 16.6. The zero-order chi connectivity index (χ0) is 15.4. The predicted molar refractivity (Wildman–Crippen MR) is 71.5 cm³/mol. The number of hydrogen-bond donors (Lipinski definition) is 2. The summed E-state index contributed by atoms with van der Waals surface area (Å²) < 4.78 is 5.11. The lowest BCUT2D eigenvalue weighted by Gasteiger charge is -2.27. The Morgan fingerprint density at radius 1 is 1.33 bits per heavy atom. The number of nitro groups is 1. The van der Waals surface area contributed by atoms with Gasteiger partial charge in [0.1, 0.15) is 0 Å². The number of morpholine rings is 1. The number of nitrogens with one attached hydrogen (secondary N) is 1. The van der Waals surface area contributed by atoms with Crippen molar-refractivity contribution in [2.24, 2.45) is 0 Å². The SMILES string of the molecule is O=C(O)c1cc([N+](=O)[O-])ccc1NC(=O)N1CCOCC1. The van der Waals surface area contributed by atoms with Crippen LogP contribution in [0.2, 0.25) is 0 Å². The quantitative estimate of drug-likeness (QED) is 0.637. The number of carbonyl (C=O) groups excluding carboxylic acids is 1. The molecule has 1 aliphatic heterocycles. The molecule has 0 radical (unpaired) electrons. The lowest BCUT2D eigenvalue weighted by Crippen LogP contribution is -2.43. The molecule has 0 spiro atoms. The number of nitro benzene ring substituents is 1. The van der Waals surface area contributed by atoms with Gasteiger partial charge in [-0.1, -0.05) is 0 Å². The third-order valence-corrected chi connectivity index (χ3v) is 2.98. The maximum absolute atomic E-state index is 12.0. The van der Waals surface area contributed by atoms with Crippen LogP contribution in [0.15, 0.2) is 18.2 Å². The Bertz CT molecular complexity index is 582. The Morgan fingerprint density at radius 3 is 2.57 bits per heavy atom. The number of amides is 2. The fourth-order valence-corrected chi connectivity index (χ4v) is 1.89. The van der Waals surface area contributed by atoms with Crippen molar-refractivity contribution in [2.75, 3.05) is 31.6 Å². The van der Waals surface area contributed by atoms with Gasteiger partial charge in [0.2, 0.25) is 0 Å². The van der Waals surface area contributed by atoms with E-state index in [1.807, 2.05) is 0 Å². The largest absolute Gasteiger partial charge is 0.478 e. The van der Waals surface area contributed by atoms with Gasteiger partial charge in [-0.15, -0.1) is 0 Å². The molecule has 112 valence electrons. The van der Waals surface area contributed by atoms with Crippen LogP contribution in [-0.4, -0.2) is 53.2 Å². The monoisotopic (exact) mass is 295 g/mol. The van der Waals surface area contributed by atoms with Crippen molar-refractivity contribution in [3.63, 3.8) is 0 Å². The Kier molecular flexibility index (Phi) is 4.33.